The highest BCUT2D eigenvalue weighted by Crippen LogP contribution is 2.07. The van der Waals surface area contributed by atoms with E-state index in [1.165, 1.54) is 6.42 Å². The van der Waals surface area contributed by atoms with E-state index in [1.54, 1.807) is 0 Å². The fourth-order valence-electron chi connectivity index (χ4n) is 1.03. The molecular formula is C9H16Cl2N2. The minimum Gasteiger partial charge on any atom is -0.345 e. The van der Waals surface area contributed by atoms with Crippen molar-refractivity contribution in [2.75, 3.05) is 0 Å². The van der Waals surface area contributed by atoms with Crippen LogP contribution in [0.1, 0.15) is 31.8 Å². The van der Waals surface area contributed by atoms with Gasteiger partial charge in [-0.25, -0.2) is 4.98 Å². The van der Waals surface area contributed by atoms with Gasteiger partial charge in [0.05, 0.1) is 5.88 Å². The van der Waals surface area contributed by atoms with E-state index in [2.05, 4.69) is 23.8 Å². The minimum absolute atomic E-state index is 0. The van der Waals surface area contributed by atoms with Gasteiger partial charge in [-0.05, 0) is 12.3 Å². The van der Waals surface area contributed by atoms with Gasteiger partial charge in [0.1, 0.15) is 5.82 Å². The van der Waals surface area contributed by atoms with Gasteiger partial charge in [-0.1, -0.05) is 13.8 Å². The predicted octanol–water partition coefficient (Wildman–Crippen LogP) is 3.16. The van der Waals surface area contributed by atoms with E-state index in [9.17, 15) is 0 Å². The van der Waals surface area contributed by atoms with E-state index in [1.807, 2.05) is 6.20 Å². The summed E-state index contributed by atoms with van der Waals surface area (Å²) in [6, 6.07) is 0. The largest absolute Gasteiger partial charge is 0.345 e. The summed E-state index contributed by atoms with van der Waals surface area (Å²) in [5, 5.41) is 0. The van der Waals surface area contributed by atoms with Gasteiger partial charge < -0.3 is 4.98 Å². The first-order chi connectivity index (χ1) is 5.72. The lowest BCUT2D eigenvalue weighted by Crippen LogP contribution is -1.94. The Morgan fingerprint density at radius 2 is 2.23 bits per heavy atom. The number of hydrogen-bond acceptors (Lipinski definition) is 1. The first-order valence-electron chi connectivity index (χ1n) is 4.31. The van der Waals surface area contributed by atoms with Crippen LogP contribution in [0.5, 0.6) is 0 Å². The summed E-state index contributed by atoms with van der Waals surface area (Å²) < 4.78 is 0. The van der Waals surface area contributed by atoms with Crippen molar-refractivity contribution in [3.63, 3.8) is 0 Å². The van der Waals surface area contributed by atoms with Gasteiger partial charge in [0.15, 0.2) is 0 Å². The summed E-state index contributed by atoms with van der Waals surface area (Å²) in [6.45, 7) is 4.43. The number of alkyl halides is 1. The van der Waals surface area contributed by atoms with E-state index in [-0.39, 0.29) is 12.4 Å². The number of halogens is 2. The number of aromatic nitrogens is 2. The molecule has 0 aliphatic rings. The Kier molecular flexibility index (Phi) is 6.17. The van der Waals surface area contributed by atoms with Crippen molar-refractivity contribution in [2.24, 2.45) is 5.92 Å². The number of nitrogens with one attached hydrogen (secondary N) is 1. The molecule has 13 heavy (non-hydrogen) atoms. The molecule has 0 unspecified atom stereocenters. The van der Waals surface area contributed by atoms with Gasteiger partial charge in [-0.2, -0.15) is 0 Å². The Balaban J connectivity index is 0.00000144. The lowest BCUT2D eigenvalue weighted by molar-refractivity contribution is 0.576. The Labute approximate surface area is 90.5 Å². The highest BCUT2D eigenvalue weighted by molar-refractivity contribution is 6.16. The molecule has 0 aliphatic heterocycles. The molecule has 1 heterocycles. The SMILES string of the molecule is CC(C)CCc1ncc(CCl)[nH]1.Cl. The van der Waals surface area contributed by atoms with Crippen molar-refractivity contribution in [2.45, 2.75) is 32.6 Å². The van der Waals surface area contributed by atoms with Crippen molar-refractivity contribution in [3.8, 4) is 0 Å². The third-order valence-electron chi connectivity index (χ3n) is 1.78. The maximum absolute atomic E-state index is 5.63. The zero-order valence-electron chi connectivity index (χ0n) is 8.01. The van der Waals surface area contributed by atoms with Crippen LogP contribution in [0.3, 0.4) is 0 Å². The molecule has 0 radical (unpaired) electrons. The minimum atomic E-state index is 0. The fraction of sp³-hybridized carbons (Fsp3) is 0.667. The molecule has 1 rings (SSSR count). The molecule has 0 aliphatic carbocycles. The second-order valence-corrected chi connectivity index (χ2v) is 3.69. The van der Waals surface area contributed by atoms with Crippen LogP contribution in [0.4, 0.5) is 0 Å². The summed E-state index contributed by atoms with van der Waals surface area (Å²) in [5.74, 6) is 2.31. The second kappa shape index (κ2) is 6.28. The van der Waals surface area contributed by atoms with Crippen LogP contribution in [-0.2, 0) is 12.3 Å². The maximum Gasteiger partial charge on any atom is 0.106 e. The van der Waals surface area contributed by atoms with Gasteiger partial charge in [0, 0.05) is 18.3 Å². The molecule has 0 spiro atoms. The van der Waals surface area contributed by atoms with Crippen molar-refractivity contribution in [1.29, 1.82) is 0 Å². The van der Waals surface area contributed by atoms with Gasteiger partial charge in [-0.15, -0.1) is 24.0 Å². The molecule has 1 aromatic rings. The molecule has 0 bridgehead atoms. The number of rotatable bonds is 4. The monoisotopic (exact) mass is 222 g/mol. The molecule has 4 heteroatoms. The number of H-pyrrole nitrogens is 1. The fourth-order valence-corrected chi connectivity index (χ4v) is 1.16. The quantitative estimate of drug-likeness (QED) is 0.780. The van der Waals surface area contributed by atoms with Crippen LogP contribution in [0, 0.1) is 5.92 Å². The Morgan fingerprint density at radius 1 is 1.54 bits per heavy atom. The average molecular weight is 223 g/mol. The number of nitrogens with zero attached hydrogens (tertiary/aromatic N) is 1. The standard InChI is InChI=1S/C9H15ClN2.ClH/c1-7(2)3-4-9-11-6-8(5-10)12-9;/h6-7H,3-5H2,1-2H3,(H,11,12);1H. The van der Waals surface area contributed by atoms with E-state index in [0.29, 0.717) is 5.88 Å². The number of aryl methyl sites for hydroxylation is 1. The number of hydrogen-bond donors (Lipinski definition) is 1. The molecule has 1 aromatic heterocycles. The van der Waals surface area contributed by atoms with E-state index in [0.717, 1.165) is 23.9 Å². The molecule has 0 fully saturated rings. The molecule has 0 saturated heterocycles. The predicted molar refractivity (Wildman–Crippen MR) is 58.6 cm³/mol. The maximum atomic E-state index is 5.63. The first kappa shape index (κ1) is 12.8. The molecule has 76 valence electrons. The highest BCUT2D eigenvalue weighted by Gasteiger charge is 2.00. The van der Waals surface area contributed by atoms with Crippen LogP contribution in [-0.4, -0.2) is 9.97 Å². The van der Waals surface area contributed by atoms with E-state index in [4.69, 9.17) is 11.6 Å². The summed E-state index contributed by atoms with van der Waals surface area (Å²) >= 11 is 5.63. The summed E-state index contributed by atoms with van der Waals surface area (Å²) in [7, 11) is 0. The lowest BCUT2D eigenvalue weighted by Gasteiger charge is -2.00. The van der Waals surface area contributed by atoms with Crippen molar-refractivity contribution in [1.82, 2.24) is 9.97 Å². The van der Waals surface area contributed by atoms with Crippen LogP contribution in [0.25, 0.3) is 0 Å². The van der Waals surface area contributed by atoms with Crippen LogP contribution >= 0.6 is 24.0 Å². The molecule has 0 amide bonds. The van der Waals surface area contributed by atoms with Crippen LogP contribution in [0.2, 0.25) is 0 Å². The highest BCUT2D eigenvalue weighted by atomic mass is 35.5. The van der Waals surface area contributed by atoms with Gasteiger partial charge in [0.2, 0.25) is 0 Å². The number of imidazole rings is 1. The smallest absolute Gasteiger partial charge is 0.106 e. The average Bonchev–Trinajstić information content (AvgIpc) is 2.48. The van der Waals surface area contributed by atoms with Crippen molar-refractivity contribution < 1.29 is 0 Å². The van der Waals surface area contributed by atoms with Crippen LogP contribution < -0.4 is 0 Å². The third-order valence-corrected chi connectivity index (χ3v) is 2.07. The molecular weight excluding hydrogens is 207 g/mol. The second-order valence-electron chi connectivity index (χ2n) is 3.42. The third kappa shape index (κ3) is 4.53. The van der Waals surface area contributed by atoms with Gasteiger partial charge in [-0.3, -0.25) is 0 Å². The first-order valence-corrected chi connectivity index (χ1v) is 4.84. The summed E-state index contributed by atoms with van der Waals surface area (Å²) in [4.78, 5) is 7.39. The summed E-state index contributed by atoms with van der Waals surface area (Å²) in [5.41, 5.74) is 1.01. The van der Waals surface area contributed by atoms with E-state index < -0.39 is 0 Å². The van der Waals surface area contributed by atoms with Gasteiger partial charge in [0.25, 0.3) is 0 Å². The molecule has 0 aromatic carbocycles. The lowest BCUT2D eigenvalue weighted by atomic mass is 10.1. The van der Waals surface area contributed by atoms with Crippen molar-refractivity contribution >= 4 is 24.0 Å². The zero-order chi connectivity index (χ0) is 8.97. The Bertz CT molecular complexity index is 233. The molecule has 0 atom stereocenters. The van der Waals surface area contributed by atoms with Gasteiger partial charge >= 0.3 is 0 Å². The van der Waals surface area contributed by atoms with E-state index >= 15 is 0 Å². The summed E-state index contributed by atoms with van der Waals surface area (Å²) in [6.07, 6.45) is 4.01. The van der Waals surface area contributed by atoms with Crippen LogP contribution in [0.15, 0.2) is 6.20 Å². The number of aromatic amines is 1. The normalized spacial score (nSPS) is 10.2. The zero-order valence-corrected chi connectivity index (χ0v) is 9.58. The molecule has 1 N–H and O–H groups in total. The van der Waals surface area contributed by atoms with Crippen molar-refractivity contribution in [3.05, 3.63) is 17.7 Å². The topological polar surface area (TPSA) is 28.7 Å². The molecule has 2 nitrogen and oxygen atoms in total. The Morgan fingerprint density at radius 3 is 2.69 bits per heavy atom. The molecule has 0 saturated carbocycles. The Hall–Kier alpha value is -0.210.